The number of ether oxygens (including phenoxy) is 4. The van der Waals surface area contributed by atoms with E-state index < -0.39 is 71.1 Å². The number of hydrogen-bond acceptors (Lipinski definition) is 13. The average Bonchev–Trinajstić information content (AvgIpc) is 3.40. The molecule has 1 aliphatic rings. The smallest absolute Gasteiger partial charge is 0.329 e. The Morgan fingerprint density at radius 2 is 1.49 bits per heavy atom. The van der Waals surface area contributed by atoms with Gasteiger partial charge >= 0.3 is 5.97 Å². The summed E-state index contributed by atoms with van der Waals surface area (Å²) in [4.78, 5) is 83.7. The van der Waals surface area contributed by atoms with Crippen molar-refractivity contribution in [1.82, 2.24) is 19.8 Å². The molecule has 0 aromatic heterocycles. The highest BCUT2D eigenvalue weighted by Crippen LogP contribution is 2.33. The number of methoxy groups -OCH3 is 3. The van der Waals surface area contributed by atoms with E-state index in [4.69, 9.17) is 18.9 Å². The number of amides is 4. The number of aryl methyl sites for hydroxylation is 1. The Morgan fingerprint density at radius 3 is 2.16 bits per heavy atom. The van der Waals surface area contributed by atoms with E-state index in [-0.39, 0.29) is 25.9 Å². The third-order valence-corrected chi connectivity index (χ3v) is 14.4. The van der Waals surface area contributed by atoms with Gasteiger partial charge in [0, 0.05) is 48.5 Å². The number of anilines is 1. The van der Waals surface area contributed by atoms with Gasteiger partial charge < -0.3 is 44.9 Å². The van der Waals surface area contributed by atoms with Crippen molar-refractivity contribution in [3.63, 3.8) is 0 Å². The van der Waals surface area contributed by atoms with Crippen LogP contribution in [-0.2, 0) is 46.3 Å². The number of nitrogens with zero attached hydrogens (tertiary/aromatic N) is 2. The molecular weight excluding hydrogens is 975 g/mol. The van der Waals surface area contributed by atoms with Gasteiger partial charge in [0.05, 0.1) is 33.5 Å². The molecule has 4 aromatic rings. The molecule has 0 bridgehead atoms. The molecule has 406 valence electrons. The fourth-order valence-corrected chi connectivity index (χ4v) is 9.79. The first-order chi connectivity index (χ1) is 35.8. The molecule has 0 spiro atoms. The van der Waals surface area contributed by atoms with Gasteiger partial charge in [0.1, 0.15) is 23.9 Å². The van der Waals surface area contributed by atoms with Crippen LogP contribution in [0.5, 0.6) is 17.2 Å². The van der Waals surface area contributed by atoms with Gasteiger partial charge in [-0.15, -0.1) is 0 Å². The minimum Gasteiger partial charge on any atom is -0.497 e. The van der Waals surface area contributed by atoms with Crippen molar-refractivity contribution in [2.75, 3.05) is 46.3 Å². The molecule has 17 heteroatoms. The molecule has 4 amide bonds. The van der Waals surface area contributed by atoms with E-state index in [2.05, 4.69) is 34.1 Å². The third kappa shape index (κ3) is 18.1. The van der Waals surface area contributed by atoms with Crippen molar-refractivity contribution >= 4 is 53.0 Å². The first-order valence-corrected chi connectivity index (χ1v) is 26.7. The number of ketones is 1. The van der Waals surface area contributed by atoms with E-state index in [1.807, 2.05) is 73.7 Å². The zero-order valence-corrected chi connectivity index (χ0v) is 45.8. The molecule has 4 aromatic carbocycles. The van der Waals surface area contributed by atoms with E-state index >= 15 is 0 Å². The fraction of sp³-hybridized carbons (Fsp3) is 0.483. The van der Waals surface area contributed by atoms with Crippen LogP contribution in [0, 0.1) is 11.3 Å². The first kappa shape index (κ1) is 59.4. The van der Waals surface area contributed by atoms with Crippen LogP contribution in [0.1, 0.15) is 109 Å². The van der Waals surface area contributed by atoms with E-state index in [9.17, 15) is 33.9 Å². The van der Waals surface area contributed by atoms with Gasteiger partial charge in [-0.25, -0.2) is 9.10 Å². The van der Waals surface area contributed by atoms with E-state index in [1.165, 1.54) is 16.8 Å². The molecule has 0 saturated carbocycles. The maximum Gasteiger partial charge on any atom is 0.329 e. The summed E-state index contributed by atoms with van der Waals surface area (Å²) in [5, 5.41) is 20.3. The van der Waals surface area contributed by atoms with Crippen molar-refractivity contribution in [1.29, 1.82) is 0 Å². The highest BCUT2D eigenvalue weighted by atomic mass is 32.2. The van der Waals surface area contributed by atoms with Crippen molar-refractivity contribution in [2.24, 2.45) is 11.3 Å². The normalized spacial score (nSPS) is 15.3. The number of rotatable bonds is 28. The quantitative estimate of drug-likeness (QED) is 0.0241. The molecule has 1 fully saturated rings. The second kappa shape index (κ2) is 29.0. The molecule has 5 unspecified atom stereocenters. The van der Waals surface area contributed by atoms with Crippen LogP contribution in [0.25, 0.3) is 0 Å². The van der Waals surface area contributed by atoms with Gasteiger partial charge in [-0.1, -0.05) is 83.1 Å². The number of carbonyl (C=O) groups is 6. The number of hydrogen-bond donors (Lipinski definition) is 4. The van der Waals surface area contributed by atoms with Gasteiger partial charge in [0.15, 0.2) is 11.5 Å². The standard InChI is InChI=1S/C58H77N5O11S/c1-10-58(5,6)54(67)56(69)63-32-15-14-21-47(63)57(70)74-49(28-22-41-23-29-50(72-8)51(34-41)73-9)42-19-16-20-43(35-42)60-53(66)31-30-52(65)59-39(4)55(68)61-46(33-40-17-12-11-13-18-40)48(64)37-62(36-38(2)3)75-45-26-24-44(71-7)25-27-45/h11-13,16-20,23-27,29,34-35,38-39,46-49,64H,10,14-15,21-22,28,30-33,36-37H2,1-9H3,(H,59,65)(H,60,66)(H,61,68). The Labute approximate surface area is 447 Å². The van der Waals surface area contributed by atoms with Gasteiger partial charge in [-0.3, -0.25) is 24.0 Å². The van der Waals surface area contributed by atoms with Gasteiger partial charge in [-0.2, -0.15) is 0 Å². The molecule has 4 N–H and O–H groups in total. The minimum atomic E-state index is -0.982. The Balaban J connectivity index is 1.23. The van der Waals surface area contributed by atoms with Gasteiger partial charge in [0.2, 0.25) is 23.5 Å². The summed E-state index contributed by atoms with van der Waals surface area (Å²) < 4.78 is 24.6. The first-order valence-electron chi connectivity index (χ1n) is 25.9. The number of aliphatic hydroxyl groups is 1. The monoisotopic (exact) mass is 1050 g/mol. The number of Topliss-reactive ketones (excluding diaryl/α,β-unsaturated/α-hetero) is 1. The summed E-state index contributed by atoms with van der Waals surface area (Å²) in [7, 11) is 4.72. The molecular formula is C58H77N5O11S. The number of carbonyl (C=O) groups excluding carboxylic acids is 6. The highest BCUT2D eigenvalue weighted by molar-refractivity contribution is 7.97. The predicted molar refractivity (Wildman–Crippen MR) is 290 cm³/mol. The Hall–Kier alpha value is -6.43. The molecule has 0 aliphatic carbocycles. The Bertz CT molecular complexity index is 2520. The van der Waals surface area contributed by atoms with Crippen molar-refractivity contribution in [3.05, 3.63) is 114 Å². The number of benzene rings is 4. The van der Waals surface area contributed by atoms with E-state index in [0.717, 1.165) is 21.8 Å². The van der Waals surface area contributed by atoms with Crippen LogP contribution >= 0.6 is 11.9 Å². The summed E-state index contributed by atoms with van der Waals surface area (Å²) in [6.45, 7) is 12.2. The number of nitrogens with one attached hydrogen (secondary N) is 3. The number of esters is 1. The number of piperidine rings is 1. The van der Waals surface area contributed by atoms with Crippen LogP contribution < -0.4 is 30.2 Å². The van der Waals surface area contributed by atoms with Crippen LogP contribution in [0.3, 0.4) is 0 Å². The molecule has 5 atom stereocenters. The fourth-order valence-electron chi connectivity index (χ4n) is 8.63. The van der Waals surface area contributed by atoms with Crippen LogP contribution in [-0.4, -0.2) is 115 Å². The molecule has 1 aliphatic heterocycles. The molecule has 5 rings (SSSR count). The zero-order chi connectivity index (χ0) is 54.7. The van der Waals surface area contributed by atoms with Crippen molar-refractivity contribution < 1.29 is 52.8 Å². The molecule has 75 heavy (non-hydrogen) atoms. The summed E-state index contributed by atoms with van der Waals surface area (Å²) in [6, 6.07) is 27.0. The van der Waals surface area contributed by atoms with Crippen LogP contribution in [0.2, 0.25) is 0 Å². The summed E-state index contributed by atoms with van der Waals surface area (Å²) in [6.07, 6.45) is 1.05. The second-order valence-electron chi connectivity index (χ2n) is 20.1. The average molecular weight is 1050 g/mol. The Kier molecular flexibility index (Phi) is 23.0. The molecule has 1 heterocycles. The largest absolute Gasteiger partial charge is 0.497 e. The lowest BCUT2D eigenvalue weighted by Crippen LogP contribution is -2.54. The second-order valence-corrected chi connectivity index (χ2v) is 21.2. The zero-order valence-electron chi connectivity index (χ0n) is 45.0. The lowest BCUT2D eigenvalue weighted by atomic mass is 9.84. The third-order valence-electron chi connectivity index (χ3n) is 13.4. The summed E-state index contributed by atoms with van der Waals surface area (Å²) in [5.41, 5.74) is 1.90. The minimum absolute atomic E-state index is 0.200. The van der Waals surface area contributed by atoms with Crippen LogP contribution in [0.4, 0.5) is 5.69 Å². The highest BCUT2D eigenvalue weighted by Gasteiger charge is 2.41. The SMILES string of the molecule is CCC(C)(C)C(=O)C(=O)N1CCCCC1C(=O)OC(CCc1ccc(OC)c(OC)c1)c1cccc(NC(=O)CCC(=O)NC(C)C(=O)NC(Cc2ccccc2)C(O)CN(CC(C)C)Sc2ccc(OC)cc2)c1. The van der Waals surface area contributed by atoms with Crippen molar-refractivity contribution in [2.45, 2.75) is 135 Å². The molecule has 0 radical (unpaired) electrons. The maximum atomic E-state index is 14.1. The molecule has 16 nitrogen and oxygen atoms in total. The van der Waals surface area contributed by atoms with Gasteiger partial charge in [0.25, 0.3) is 5.91 Å². The van der Waals surface area contributed by atoms with Gasteiger partial charge in [-0.05, 0) is 135 Å². The summed E-state index contributed by atoms with van der Waals surface area (Å²) in [5.74, 6) is -1.18. The summed E-state index contributed by atoms with van der Waals surface area (Å²) >= 11 is 1.52. The van der Waals surface area contributed by atoms with Crippen molar-refractivity contribution in [3.8, 4) is 17.2 Å². The predicted octanol–water partition coefficient (Wildman–Crippen LogP) is 8.29. The maximum absolute atomic E-state index is 14.1. The number of aliphatic hydroxyl groups excluding tert-OH is 1. The van der Waals surface area contributed by atoms with E-state index in [0.29, 0.717) is 80.2 Å². The Morgan fingerprint density at radius 1 is 0.787 bits per heavy atom. The lowest BCUT2D eigenvalue weighted by Gasteiger charge is -2.36. The number of likely N-dealkylation sites (tertiary alicyclic amines) is 1. The van der Waals surface area contributed by atoms with Crippen LogP contribution in [0.15, 0.2) is 102 Å². The molecule has 1 saturated heterocycles. The topological polar surface area (TPSA) is 202 Å². The van der Waals surface area contributed by atoms with E-state index in [1.54, 1.807) is 72.4 Å². The lowest BCUT2D eigenvalue weighted by molar-refractivity contribution is -0.164.